The number of carbonyl (C=O) groups excluding carboxylic acids is 2. The maximum atomic E-state index is 13.1. The Morgan fingerprint density at radius 3 is 2.50 bits per heavy atom. The Bertz CT molecular complexity index is 1740. The van der Waals surface area contributed by atoms with Gasteiger partial charge in [0.05, 0.1) is 10.6 Å². The summed E-state index contributed by atoms with van der Waals surface area (Å²) in [5, 5.41) is 27.3. The van der Waals surface area contributed by atoms with Crippen molar-refractivity contribution in [3.8, 4) is 34.2 Å². The van der Waals surface area contributed by atoms with E-state index in [1.54, 1.807) is 50.4 Å². The van der Waals surface area contributed by atoms with Crippen molar-refractivity contribution in [2.75, 3.05) is 25.8 Å². The summed E-state index contributed by atoms with van der Waals surface area (Å²) < 4.78 is 10.9. The van der Waals surface area contributed by atoms with Crippen molar-refractivity contribution in [3.05, 3.63) is 88.1 Å². The molecule has 0 radical (unpaired) electrons. The maximum absolute atomic E-state index is 13.1. The highest BCUT2D eigenvalue weighted by atomic mass is 32.1. The van der Waals surface area contributed by atoms with Crippen LogP contribution in [0.15, 0.2) is 72.1 Å². The van der Waals surface area contributed by atoms with E-state index in [9.17, 15) is 24.8 Å². The molecule has 0 aliphatic rings. The van der Waals surface area contributed by atoms with Crippen LogP contribution in [0.4, 0.5) is 10.6 Å². The van der Waals surface area contributed by atoms with Gasteiger partial charge in [0.25, 0.3) is 5.91 Å². The van der Waals surface area contributed by atoms with Crippen LogP contribution in [0.1, 0.15) is 48.0 Å². The number of hydrogen-bond donors (Lipinski definition) is 3. The van der Waals surface area contributed by atoms with E-state index in [1.807, 2.05) is 42.5 Å². The highest BCUT2D eigenvalue weighted by Gasteiger charge is 2.26. The number of thiophene rings is 1. The highest BCUT2D eigenvalue weighted by Crippen LogP contribution is 2.36. The molecule has 2 heterocycles. The number of hydrogen-bond acceptors (Lipinski definition) is 8. The average Bonchev–Trinajstić information content (AvgIpc) is 3.57. The molecule has 3 amide bonds. The molecule has 11 nitrogen and oxygen atoms in total. The SMILES string of the molecule is COCOc1ccccc1-c1cc(-c2cccc(CNC(=O)CCN(C(=O)O)C(C)(C)C)c2)c(C#N)c(NC(=O)c2cccs2)n1. The standard InChI is InChI=1S/C34H35N5O6S/c1-34(2,3)39(33(42)43)15-14-30(40)36-20-22-9-7-10-23(17-22)25-18-27(24-11-5-6-12-28(24)45-21-44-4)37-31(26(25)19-35)38-32(41)29-13-8-16-46-29/h5-13,16-18H,14-15,20-21H2,1-4H3,(H,36,40)(H,42,43)(H,37,38,41). The number of carbonyl (C=O) groups is 3. The second-order valence-corrected chi connectivity index (χ2v) is 12.1. The van der Waals surface area contributed by atoms with Gasteiger partial charge in [-0.2, -0.15) is 5.26 Å². The number of carboxylic acid groups (broad SMARTS) is 1. The second kappa shape index (κ2) is 15.2. The minimum Gasteiger partial charge on any atom is -0.467 e. The summed E-state index contributed by atoms with van der Waals surface area (Å²) in [6.45, 7) is 5.58. The van der Waals surface area contributed by atoms with Crippen LogP contribution in [0.25, 0.3) is 22.4 Å². The molecule has 0 aliphatic carbocycles. The summed E-state index contributed by atoms with van der Waals surface area (Å²) in [6, 6.07) is 22.0. The van der Waals surface area contributed by atoms with Crippen molar-refractivity contribution in [1.29, 1.82) is 5.26 Å². The number of methoxy groups -OCH3 is 1. The van der Waals surface area contributed by atoms with Gasteiger partial charge >= 0.3 is 6.09 Å². The fourth-order valence-corrected chi connectivity index (χ4v) is 5.31. The van der Waals surface area contributed by atoms with E-state index in [-0.39, 0.29) is 43.6 Å². The van der Waals surface area contributed by atoms with Crippen molar-refractivity contribution in [3.63, 3.8) is 0 Å². The molecule has 0 unspecified atom stereocenters. The van der Waals surface area contributed by atoms with Crippen molar-refractivity contribution in [2.45, 2.75) is 39.3 Å². The zero-order chi connectivity index (χ0) is 33.3. The Labute approximate surface area is 271 Å². The zero-order valence-corrected chi connectivity index (χ0v) is 26.8. The van der Waals surface area contributed by atoms with Gasteiger partial charge < -0.3 is 30.1 Å². The summed E-state index contributed by atoms with van der Waals surface area (Å²) in [7, 11) is 1.52. The summed E-state index contributed by atoms with van der Waals surface area (Å²) in [6.07, 6.45) is -1.08. The first-order chi connectivity index (χ1) is 22.0. The van der Waals surface area contributed by atoms with Gasteiger partial charge in [0.2, 0.25) is 5.91 Å². The zero-order valence-electron chi connectivity index (χ0n) is 26.0. The molecule has 3 N–H and O–H groups in total. The molecule has 4 rings (SSSR count). The molecule has 0 atom stereocenters. The van der Waals surface area contributed by atoms with Gasteiger partial charge in [-0.3, -0.25) is 9.59 Å². The molecule has 0 spiro atoms. The number of nitrogens with zero attached hydrogens (tertiary/aromatic N) is 3. The number of anilines is 1. The van der Waals surface area contributed by atoms with Crippen LogP contribution in [0.2, 0.25) is 0 Å². The van der Waals surface area contributed by atoms with Crippen LogP contribution in [-0.4, -0.2) is 58.9 Å². The van der Waals surface area contributed by atoms with E-state index < -0.39 is 17.5 Å². The van der Waals surface area contributed by atoms with Gasteiger partial charge in [0, 0.05) is 43.3 Å². The molecule has 0 aliphatic heterocycles. The third-order valence-corrected chi connectivity index (χ3v) is 7.80. The van der Waals surface area contributed by atoms with E-state index in [0.717, 1.165) is 5.56 Å². The predicted octanol–water partition coefficient (Wildman–Crippen LogP) is 6.37. The van der Waals surface area contributed by atoms with Crippen LogP contribution in [0.3, 0.4) is 0 Å². The van der Waals surface area contributed by atoms with E-state index in [1.165, 1.54) is 23.3 Å². The normalized spacial score (nSPS) is 10.9. The number of amides is 3. The van der Waals surface area contributed by atoms with Crippen LogP contribution in [-0.2, 0) is 16.1 Å². The fraction of sp³-hybridized carbons (Fsp3) is 0.265. The Kier molecular flexibility index (Phi) is 11.1. The first-order valence-electron chi connectivity index (χ1n) is 14.4. The Morgan fingerprint density at radius 2 is 1.83 bits per heavy atom. The number of para-hydroxylation sites is 1. The number of nitriles is 1. The minimum absolute atomic E-state index is 0.00735. The molecule has 12 heteroatoms. The van der Waals surface area contributed by atoms with E-state index in [4.69, 9.17) is 14.5 Å². The van der Waals surface area contributed by atoms with Gasteiger partial charge in [-0.25, -0.2) is 9.78 Å². The molecule has 46 heavy (non-hydrogen) atoms. The summed E-state index contributed by atoms with van der Waals surface area (Å²) in [5.74, 6) is -0.0885. The second-order valence-electron chi connectivity index (χ2n) is 11.2. The number of rotatable bonds is 12. The monoisotopic (exact) mass is 641 g/mol. The Hall–Kier alpha value is -5.25. The lowest BCUT2D eigenvalue weighted by Crippen LogP contribution is -2.46. The molecule has 0 bridgehead atoms. The summed E-state index contributed by atoms with van der Waals surface area (Å²) in [5.41, 5.74) is 2.56. The van der Waals surface area contributed by atoms with Gasteiger partial charge in [0.1, 0.15) is 17.4 Å². The Balaban J connectivity index is 1.67. The lowest BCUT2D eigenvalue weighted by molar-refractivity contribution is -0.121. The molecule has 2 aromatic heterocycles. The molecule has 2 aromatic carbocycles. The lowest BCUT2D eigenvalue weighted by Gasteiger charge is -2.32. The van der Waals surface area contributed by atoms with Gasteiger partial charge in [-0.15, -0.1) is 11.3 Å². The van der Waals surface area contributed by atoms with E-state index >= 15 is 0 Å². The van der Waals surface area contributed by atoms with Crippen molar-refractivity contribution < 1.29 is 29.0 Å². The number of pyridine rings is 1. The third kappa shape index (κ3) is 8.47. The lowest BCUT2D eigenvalue weighted by atomic mass is 9.96. The highest BCUT2D eigenvalue weighted by molar-refractivity contribution is 7.12. The topological polar surface area (TPSA) is 154 Å². The van der Waals surface area contributed by atoms with Crippen LogP contribution in [0.5, 0.6) is 5.75 Å². The maximum Gasteiger partial charge on any atom is 0.407 e. The van der Waals surface area contributed by atoms with Gasteiger partial charge in [-0.05, 0) is 67.6 Å². The summed E-state index contributed by atoms with van der Waals surface area (Å²) >= 11 is 1.27. The molecule has 0 fully saturated rings. The van der Waals surface area contributed by atoms with E-state index in [2.05, 4.69) is 16.7 Å². The molecule has 0 saturated carbocycles. The largest absolute Gasteiger partial charge is 0.467 e. The van der Waals surface area contributed by atoms with Gasteiger partial charge in [0.15, 0.2) is 12.6 Å². The number of ether oxygens (including phenoxy) is 2. The first-order valence-corrected chi connectivity index (χ1v) is 15.3. The van der Waals surface area contributed by atoms with E-state index in [0.29, 0.717) is 33.0 Å². The van der Waals surface area contributed by atoms with Crippen LogP contribution >= 0.6 is 11.3 Å². The van der Waals surface area contributed by atoms with Gasteiger partial charge in [-0.1, -0.05) is 36.4 Å². The quantitative estimate of drug-likeness (QED) is 0.151. The molecular weight excluding hydrogens is 606 g/mol. The molecular formula is C34H35N5O6S. The summed E-state index contributed by atoms with van der Waals surface area (Å²) in [4.78, 5) is 43.7. The van der Waals surface area contributed by atoms with Crippen molar-refractivity contribution in [1.82, 2.24) is 15.2 Å². The fourth-order valence-electron chi connectivity index (χ4n) is 4.69. The molecule has 4 aromatic rings. The Morgan fingerprint density at radius 1 is 1.04 bits per heavy atom. The number of benzene rings is 2. The average molecular weight is 642 g/mol. The molecule has 0 saturated heterocycles. The predicted molar refractivity (Wildman–Crippen MR) is 176 cm³/mol. The minimum atomic E-state index is -1.09. The third-order valence-electron chi connectivity index (χ3n) is 6.93. The smallest absolute Gasteiger partial charge is 0.407 e. The first kappa shape index (κ1) is 33.6. The number of nitrogens with one attached hydrogen (secondary N) is 2. The van der Waals surface area contributed by atoms with Crippen LogP contribution in [0, 0.1) is 11.3 Å². The number of aromatic nitrogens is 1. The van der Waals surface area contributed by atoms with Crippen molar-refractivity contribution in [2.24, 2.45) is 0 Å². The van der Waals surface area contributed by atoms with Crippen molar-refractivity contribution >= 4 is 35.1 Å². The molecule has 238 valence electrons. The van der Waals surface area contributed by atoms with Crippen LogP contribution < -0.4 is 15.4 Å².